The van der Waals surface area contributed by atoms with E-state index in [-0.39, 0.29) is 35.9 Å². The molecule has 0 aromatic heterocycles. The van der Waals surface area contributed by atoms with E-state index in [0.717, 1.165) is 32.4 Å². The van der Waals surface area contributed by atoms with Crippen molar-refractivity contribution in [1.29, 1.82) is 0 Å². The summed E-state index contributed by atoms with van der Waals surface area (Å²) in [5.74, 6) is 1.09. The molecule has 1 aliphatic heterocycles. The number of guanidine groups is 1. The van der Waals surface area contributed by atoms with Crippen molar-refractivity contribution in [3.8, 4) is 0 Å². The highest BCUT2D eigenvalue weighted by Gasteiger charge is 2.32. The second kappa shape index (κ2) is 7.16. The number of aliphatic imine (C=N–C) groups is 1. The van der Waals surface area contributed by atoms with Gasteiger partial charge in [0.05, 0.1) is 0 Å². The van der Waals surface area contributed by atoms with Crippen LogP contribution in [0, 0.1) is 5.92 Å². The average Bonchev–Trinajstić information content (AvgIpc) is 2.98. The van der Waals surface area contributed by atoms with Gasteiger partial charge in [0.15, 0.2) is 5.96 Å². The lowest BCUT2D eigenvalue weighted by atomic mass is 10.1. The summed E-state index contributed by atoms with van der Waals surface area (Å²) in [5, 5.41) is 3.14. The summed E-state index contributed by atoms with van der Waals surface area (Å²) in [5.41, 5.74) is 5.63. The zero-order valence-electron chi connectivity index (χ0n) is 10.9. The Morgan fingerprint density at radius 2 is 2.00 bits per heavy atom. The minimum absolute atomic E-state index is 0. The highest BCUT2D eigenvalue weighted by atomic mass is 127. The van der Waals surface area contributed by atoms with E-state index in [4.69, 9.17) is 5.73 Å². The third kappa shape index (κ3) is 3.73. The normalized spacial score (nSPS) is 25.1. The number of rotatable bonds is 2. The quantitative estimate of drug-likeness (QED) is 0.434. The number of amides is 1. The molecule has 104 valence electrons. The fourth-order valence-corrected chi connectivity index (χ4v) is 2.78. The molecular weight excluding hydrogens is 343 g/mol. The van der Waals surface area contributed by atoms with Gasteiger partial charge in [0.1, 0.15) is 0 Å². The molecule has 1 amide bonds. The van der Waals surface area contributed by atoms with Crippen molar-refractivity contribution in [1.82, 2.24) is 10.2 Å². The number of likely N-dealkylation sites (tertiary alicyclic amines) is 1. The van der Waals surface area contributed by atoms with Crippen LogP contribution in [-0.2, 0) is 4.79 Å². The number of hydrogen-bond acceptors (Lipinski definition) is 2. The van der Waals surface area contributed by atoms with Crippen molar-refractivity contribution in [3.63, 3.8) is 0 Å². The maximum Gasteiger partial charge on any atom is 0.225 e. The smallest absolute Gasteiger partial charge is 0.225 e. The monoisotopic (exact) mass is 366 g/mol. The van der Waals surface area contributed by atoms with Crippen LogP contribution in [0.25, 0.3) is 0 Å². The highest BCUT2D eigenvalue weighted by Crippen LogP contribution is 2.27. The number of carbonyl (C=O) groups is 1. The zero-order chi connectivity index (χ0) is 12.3. The van der Waals surface area contributed by atoms with Crippen LogP contribution in [0.1, 0.15) is 32.1 Å². The minimum atomic E-state index is 0. The molecule has 0 bridgehead atoms. The first-order chi connectivity index (χ1) is 8.20. The van der Waals surface area contributed by atoms with Crippen LogP contribution in [0.15, 0.2) is 4.99 Å². The van der Waals surface area contributed by atoms with Crippen LogP contribution in [-0.4, -0.2) is 42.9 Å². The van der Waals surface area contributed by atoms with E-state index in [9.17, 15) is 4.79 Å². The van der Waals surface area contributed by atoms with Gasteiger partial charge in [-0.2, -0.15) is 0 Å². The lowest BCUT2D eigenvalue weighted by Gasteiger charge is -2.20. The summed E-state index contributed by atoms with van der Waals surface area (Å²) >= 11 is 0. The van der Waals surface area contributed by atoms with Crippen molar-refractivity contribution in [2.45, 2.75) is 38.1 Å². The van der Waals surface area contributed by atoms with E-state index in [1.54, 1.807) is 7.05 Å². The van der Waals surface area contributed by atoms with Crippen LogP contribution < -0.4 is 11.1 Å². The molecular formula is C12H23IN4O. The summed E-state index contributed by atoms with van der Waals surface area (Å²) in [6.45, 7) is 1.62. The second-order valence-corrected chi connectivity index (χ2v) is 5.00. The van der Waals surface area contributed by atoms with E-state index < -0.39 is 0 Å². The van der Waals surface area contributed by atoms with Gasteiger partial charge in [0.25, 0.3) is 0 Å². The predicted molar refractivity (Wildman–Crippen MR) is 83.0 cm³/mol. The molecule has 18 heavy (non-hydrogen) atoms. The molecule has 2 rings (SSSR count). The molecule has 1 saturated carbocycles. The topological polar surface area (TPSA) is 70.7 Å². The van der Waals surface area contributed by atoms with Crippen LogP contribution in [0.3, 0.4) is 0 Å². The van der Waals surface area contributed by atoms with E-state index in [1.165, 1.54) is 12.8 Å². The van der Waals surface area contributed by atoms with E-state index >= 15 is 0 Å². The maximum atomic E-state index is 12.2. The number of nitrogens with zero attached hydrogens (tertiary/aromatic N) is 2. The predicted octanol–water partition coefficient (Wildman–Crippen LogP) is 0.930. The SMILES string of the molecule is CN=C(N)NC1CCN(C(=O)C2CCCC2)C1.I. The van der Waals surface area contributed by atoms with Gasteiger partial charge in [-0.05, 0) is 19.3 Å². The Hall–Kier alpha value is -0.530. The summed E-state index contributed by atoms with van der Waals surface area (Å²) in [7, 11) is 1.67. The van der Waals surface area contributed by atoms with Crippen molar-refractivity contribution in [2.75, 3.05) is 20.1 Å². The van der Waals surface area contributed by atoms with Gasteiger partial charge in [0.2, 0.25) is 5.91 Å². The molecule has 1 heterocycles. The highest BCUT2D eigenvalue weighted by molar-refractivity contribution is 14.0. The molecule has 2 aliphatic rings. The Balaban J connectivity index is 0.00000162. The summed E-state index contributed by atoms with van der Waals surface area (Å²) < 4.78 is 0. The van der Waals surface area contributed by atoms with Gasteiger partial charge >= 0.3 is 0 Å². The summed E-state index contributed by atoms with van der Waals surface area (Å²) in [4.78, 5) is 18.0. The van der Waals surface area contributed by atoms with Crippen molar-refractivity contribution < 1.29 is 4.79 Å². The van der Waals surface area contributed by atoms with Gasteiger partial charge in [0, 0.05) is 32.1 Å². The summed E-state index contributed by atoms with van der Waals surface area (Å²) in [6.07, 6.45) is 5.54. The number of carbonyl (C=O) groups excluding carboxylic acids is 1. The summed E-state index contributed by atoms with van der Waals surface area (Å²) in [6, 6.07) is 0.268. The van der Waals surface area contributed by atoms with E-state index in [0.29, 0.717) is 11.9 Å². The van der Waals surface area contributed by atoms with E-state index in [2.05, 4.69) is 10.3 Å². The molecule has 1 unspecified atom stereocenters. The Labute approximate surface area is 126 Å². The van der Waals surface area contributed by atoms with Gasteiger partial charge in [-0.15, -0.1) is 24.0 Å². The van der Waals surface area contributed by atoms with Gasteiger partial charge in [-0.25, -0.2) is 0 Å². The molecule has 1 atom stereocenters. The Bertz CT molecular complexity index is 315. The van der Waals surface area contributed by atoms with Crippen LogP contribution in [0.2, 0.25) is 0 Å². The molecule has 1 saturated heterocycles. The van der Waals surface area contributed by atoms with Gasteiger partial charge in [-0.3, -0.25) is 9.79 Å². The number of hydrogen-bond donors (Lipinski definition) is 2. The van der Waals surface area contributed by atoms with Crippen LogP contribution in [0.5, 0.6) is 0 Å². The molecule has 5 nitrogen and oxygen atoms in total. The molecule has 0 aromatic carbocycles. The van der Waals surface area contributed by atoms with Crippen LogP contribution in [0.4, 0.5) is 0 Å². The van der Waals surface area contributed by atoms with Crippen molar-refractivity contribution >= 4 is 35.8 Å². The fraction of sp³-hybridized carbons (Fsp3) is 0.833. The van der Waals surface area contributed by atoms with E-state index in [1.807, 2.05) is 4.90 Å². The third-order valence-electron chi connectivity index (χ3n) is 3.80. The standard InChI is InChI=1S/C12H22N4O.HI/c1-14-12(13)15-10-6-7-16(8-10)11(17)9-4-2-3-5-9;/h9-10H,2-8H2,1H3,(H3,13,14,15);1H. The largest absolute Gasteiger partial charge is 0.370 e. The average molecular weight is 366 g/mol. The first kappa shape index (κ1) is 15.5. The lowest BCUT2D eigenvalue weighted by molar-refractivity contribution is -0.134. The third-order valence-corrected chi connectivity index (χ3v) is 3.80. The maximum absolute atomic E-state index is 12.2. The minimum Gasteiger partial charge on any atom is -0.370 e. The Morgan fingerprint density at radius 1 is 1.33 bits per heavy atom. The number of halogens is 1. The molecule has 0 radical (unpaired) electrons. The van der Waals surface area contributed by atoms with Crippen molar-refractivity contribution in [3.05, 3.63) is 0 Å². The van der Waals surface area contributed by atoms with Crippen LogP contribution >= 0.6 is 24.0 Å². The van der Waals surface area contributed by atoms with Gasteiger partial charge < -0.3 is 16.0 Å². The number of nitrogens with two attached hydrogens (primary N) is 1. The Kier molecular flexibility index (Phi) is 6.17. The molecule has 3 N–H and O–H groups in total. The first-order valence-electron chi connectivity index (χ1n) is 6.48. The lowest BCUT2D eigenvalue weighted by Crippen LogP contribution is -2.42. The molecule has 0 aromatic rings. The number of nitrogens with one attached hydrogen (secondary N) is 1. The molecule has 0 spiro atoms. The first-order valence-corrected chi connectivity index (χ1v) is 6.48. The Morgan fingerprint density at radius 3 is 2.61 bits per heavy atom. The second-order valence-electron chi connectivity index (χ2n) is 5.00. The molecule has 6 heteroatoms. The zero-order valence-corrected chi connectivity index (χ0v) is 13.2. The van der Waals surface area contributed by atoms with Gasteiger partial charge in [-0.1, -0.05) is 12.8 Å². The van der Waals surface area contributed by atoms with Crippen molar-refractivity contribution in [2.24, 2.45) is 16.6 Å². The fourth-order valence-electron chi connectivity index (χ4n) is 2.78. The molecule has 2 fully saturated rings. The molecule has 1 aliphatic carbocycles.